The molecule has 0 fully saturated rings. The molecule has 0 aliphatic heterocycles. The fraction of sp³-hybridized carbons (Fsp3) is 0.286. The minimum absolute atomic E-state index is 0.133. The highest BCUT2D eigenvalue weighted by atomic mass is 15.2. The van der Waals surface area contributed by atoms with Crippen LogP contribution in [0.4, 0.5) is 0 Å². The Morgan fingerprint density at radius 3 is 2.69 bits per heavy atom. The van der Waals surface area contributed by atoms with Crippen molar-refractivity contribution in [3.8, 4) is 0 Å². The van der Waals surface area contributed by atoms with Crippen LogP contribution in [0.1, 0.15) is 24.9 Å². The molecule has 0 spiro atoms. The minimum atomic E-state index is 0.133. The van der Waals surface area contributed by atoms with Gasteiger partial charge in [-0.3, -0.25) is 5.84 Å². The summed E-state index contributed by atoms with van der Waals surface area (Å²) in [6.45, 7) is 2.22. The maximum atomic E-state index is 5.67. The van der Waals surface area contributed by atoms with E-state index in [1.807, 2.05) is 18.2 Å². The summed E-state index contributed by atoms with van der Waals surface area (Å²) in [5, 5.41) is 0. The predicted octanol–water partition coefficient (Wildman–Crippen LogP) is 2.71. The Kier molecular flexibility index (Phi) is 3.54. The molecule has 2 atom stereocenters. The predicted molar refractivity (Wildman–Crippen MR) is 67.5 cm³/mol. The standard InChI is InChI=1S/C14H18N2/c1-11-6-5-9-13(10-11)14(16-15)12-7-3-2-4-8-12/h2-9,11,14,16H,10,15H2,1H3. The first kappa shape index (κ1) is 11.1. The van der Waals surface area contributed by atoms with Crippen molar-refractivity contribution in [1.29, 1.82) is 0 Å². The first-order valence-corrected chi connectivity index (χ1v) is 5.69. The third kappa shape index (κ3) is 2.40. The van der Waals surface area contributed by atoms with Crippen LogP contribution in [0.25, 0.3) is 0 Å². The number of nitrogens with two attached hydrogens (primary N) is 1. The van der Waals surface area contributed by atoms with Crippen LogP contribution >= 0.6 is 0 Å². The second-order valence-electron chi connectivity index (χ2n) is 4.32. The van der Waals surface area contributed by atoms with Gasteiger partial charge >= 0.3 is 0 Å². The van der Waals surface area contributed by atoms with E-state index in [1.54, 1.807) is 0 Å². The second kappa shape index (κ2) is 5.10. The van der Waals surface area contributed by atoms with Gasteiger partial charge in [-0.1, -0.05) is 55.5 Å². The lowest BCUT2D eigenvalue weighted by Gasteiger charge is -2.23. The molecule has 84 valence electrons. The van der Waals surface area contributed by atoms with Crippen molar-refractivity contribution in [3.05, 3.63) is 59.7 Å². The minimum Gasteiger partial charge on any atom is -0.271 e. The fourth-order valence-electron chi connectivity index (χ4n) is 2.15. The number of benzene rings is 1. The summed E-state index contributed by atoms with van der Waals surface area (Å²) < 4.78 is 0. The zero-order chi connectivity index (χ0) is 11.4. The molecular formula is C14H18N2. The van der Waals surface area contributed by atoms with Gasteiger partial charge in [0.25, 0.3) is 0 Å². The highest BCUT2D eigenvalue weighted by molar-refractivity contribution is 5.32. The average molecular weight is 214 g/mol. The molecule has 3 N–H and O–H groups in total. The first-order valence-electron chi connectivity index (χ1n) is 5.69. The maximum Gasteiger partial charge on any atom is 0.0673 e. The average Bonchev–Trinajstić information content (AvgIpc) is 2.31. The Morgan fingerprint density at radius 1 is 1.31 bits per heavy atom. The van der Waals surface area contributed by atoms with Gasteiger partial charge in [0.1, 0.15) is 0 Å². The SMILES string of the molecule is CC1C=CC=C(C(NN)c2ccccc2)C1. The molecule has 0 saturated heterocycles. The Hall–Kier alpha value is -1.38. The van der Waals surface area contributed by atoms with Crippen molar-refractivity contribution in [3.63, 3.8) is 0 Å². The van der Waals surface area contributed by atoms with Crippen LogP contribution in [-0.4, -0.2) is 0 Å². The molecule has 0 heterocycles. The summed E-state index contributed by atoms with van der Waals surface area (Å²) >= 11 is 0. The highest BCUT2D eigenvalue weighted by Crippen LogP contribution is 2.29. The summed E-state index contributed by atoms with van der Waals surface area (Å²) in [5.41, 5.74) is 5.48. The number of hydrazine groups is 1. The Bertz CT molecular complexity index is 392. The topological polar surface area (TPSA) is 38.0 Å². The number of allylic oxidation sites excluding steroid dienone is 3. The smallest absolute Gasteiger partial charge is 0.0673 e. The van der Waals surface area contributed by atoms with Gasteiger partial charge < -0.3 is 0 Å². The van der Waals surface area contributed by atoms with Gasteiger partial charge in [0.2, 0.25) is 0 Å². The van der Waals surface area contributed by atoms with E-state index in [-0.39, 0.29) is 6.04 Å². The Labute approximate surface area is 96.8 Å². The van der Waals surface area contributed by atoms with Gasteiger partial charge in [0.05, 0.1) is 6.04 Å². The summed E-state index contributed by atoms with van der Waals surface area (Å²) in [6, 6.07) is 10.5. The van der Waals surface area contributed by atoms with Crippen LogP contribution in [0.2, 0.25) is 0 Å². The van der Waals surface area contributed by atoms with Crippen LogP contribution in [-0.2, 0) is 0 Å². The lowest BCUT2D eigenvalue weighted by atomic mass is 9.88. The molecule has 1 aliphatic carbocycles. The van der Waals surface area contributed by atoms with Crippen LogP contribution in [0.5, 0.6) is 0 Å². The molecule has 2 unspecified atom stereocenters. The van der Waals surface area contributed by atoms with Gasteiger partial charge in [-0.15, -0.1) is 0 Å². The van der Waals surface area contributed by atoms with E-state index in [1.165, 1.54) is 11.1 Å². The van der Waals surface area contributed by atoms with Gasteiger partial charge in [0.15, 0.2) is 0 Å². The fourth-order valence-corrected chi connectivity index (χ4v) is 2.15. The monoisotopic (exact) mass is 214 g/mol. The van der Waals surface area contributed by atoms with Crippen LogP contribution < -0.4 is 11.3 Å². The summed E-state index contributed by atoms with van der Waals surface area (Å²) in [7, 11) is 0. The molecule has 16 heavy (non-hydrogen) atoms. The number of hydrogen-bond donors (Lipinski definition) is 2. The molecule has 1 aromatic carbocycles. The molecular weight excluding hydrogens is 196 g/mol. The maximum absolute atomic E-state index is 5.67. The Balaban J connectivity index is 2.24. The van der Waals surface area contributed by atoms with E-state index < -0.39 is 0 Å². The number of hydrogen-bond acceptors (Lipinski definition) is 2. The van der Waals surface area contributed by atoms with E-state index in [4.69, 9.17) is 5.84 Å². The van der Waals surface area contributed by atoms with Gasteiger partial charge in [0, 0.05) is 0 Å². The molecule has 2 nitrogen and oxygen atoms in total. The molecule has 0 amide bonds. The molecule has 0 radical (unpaired) electrons. The van der Waals surface area contributed by atoms with Crippen molar-refractivity contribution >= 4 is 0 Å². The largest absolute Gasteiger partial charge is 0.271 e. The number of nitrogens with one attached hydrogen (secondary N) is 1. The Morgan fingerprint density at radius 2 is 2.06 bits per heavy atom. The van der Waals surface area contributed by atoms with Crippen LogP contribution in [0, 0.1) is 5.92 Å². The van der Waals surface area contributed by atoms with Crippen LogP contribution in [0.15, 0.2) is 54.1 Å². The second-order valence-corrected chi connectivity index (χ2v) is 4.32. The molecule has 2 rings (SSSR count). The molecule has 1 aromatic rings. The molecule has 2 heteroatoms. The summed E-state index contributed by atoms with van der Waals surface area (Å²) in [5.74, 6) is 6.26. The van der Waals surface area contributed by atoms with Gasteiger partial charge in [-0.25, -0.2) is 5.43 Å². The lowest BCUT2D eigenvalue weighted by Crippen LogP contribution is -2.30. The van der Waals surface area contributed by atoms with E-state index in [2.05, 4.69) is 42.7 Å². The van der Waals surface area contributed by atoms with Crippen molar-refractivity contribution < 1.29 is 0 Å². The molecule has 1 aliphatic rings. The van der Waals surface area contributed by atoms with E-state index >= 15 is 0 Å². The van der Waals surface area contributed by atoms with Crippen molar-refractivity contribution in [2.24, 2.45) is 11.8 Å². The molecule has 0 saturated carbocycles. The highest BCUT2D eigenvalue weighted by Gasteiger charge is 2.17. The zero-order valence-corrected chi connectivity index (χ0v) is 9.56. The van der Waals surface area contributed by atoms with Crippen LogP contribution in [0.3, 0.4) is 0 Å². The van der Waals surface area contributed by atoms with Gasteiger partial charge in [-0.05, 0) is 23.5 Å². The third-order valence-corrected chi connectivity index (χ3v) is 2.98. The third-order valence-electron chi connectivity index (χ3n) is 2.98. The normalized spacial score (nSPS) is 21.6. The van der Waals surface area contributed by atoms with E-state index in [0.717, 1.165) is 6.42 Å². The van der Waals surface area contributed by atoms with E-state index in [9.17, 15) is 0 Å². The number of rotatable bonds is 3. The van der Waals surface area contributed by atoms with Crippen molar-refractivity contribution in [1.82, 2.24) is 5.43 Å². The van der Waals surface area contributed by atoms with Crippen molar-refractivity contribution in [2.75, 3.05) is 0 Å². The molecule has 0 aromatic heterocycles. The lowest BCUT2D eigenvalue weighted by molar-refractivity contribution is 0.567. The summed E-state index contributed by atoms with van der Waals surface area (Å²) in [6.07, 6.45) is 7.58. The zero-order valence-electron chi connectivity index (χ0n) is 9.56. The first-order chi connectivity index (χ1) is 7.81. The van der Waals surface area contributed by atoms with Gasteiger partial charge in [-0.2, -0.15) is 0 Å². The molecule has 0 bridgehead atoms. The van der Waals surface area contributed by atoms with E-state index in [0.29, 0.717) is 5.92 Å². The van der Waals surface area contributed by atoms with Crippen molar-refractivity contribution in [2.45, 2.75) is 19.4 Å². The quantitative estimate of drug-likeness (QED) is 0.599. The summed E-state index contributed by atoms with van der Waals surface area (Å²) in [4.78, 5) is 0.